The lowest BCUT2D eigenvalue weighted by atomic mass is 10.1. The maximum Gasteiger partial charge on any atom is 0.190 e. The zero-order valence-electron chi connectivity index (χ0n) is 11.7. The molecule has 0 spiro atoms. The molecule has 1 aliphatic rings. The molecule has 20 heavy (non-hydrogen) atoms. The van der Waals surface area contributed by atoms with Crippen LogP contribution in [0.2, 0.25) is 0 Å². The zero-order chi connectivity index (χ0) is 13.9. The fraction of sp³-hybridized carbons (Fsp3) is 0.312. The van der Waals surface area contributed by atoms with Crippen LogP contribution in [0.15, 0.2) is 53.5 Å². The molecule has 1 aromatic heterocycles. The smallest absolute Gasteiger partial charge is 0.190 e. The molecule has 4 heteroatoms. The molecule has 0 aliphatic carbocycles. The van der Waals surface area contributed by atoms with Crippen molar-refractivity contribution in [2.45, 2.75) is 26.5 Å². The van der Waals surface area contributed by atoms with Gasteiger partial charge in [0.2, 0.25) is 0 Å². The van der Waals surface area contributed by atoms with Gasteiger partial charge in [-0.1, -0.05) is 32.0 Å². The highest BCUT2D eigenvalue weighted by molar-refractivity contribution is 5.64. The van der Waals surface area contributed by atoms with E-state index in [0.29, 0.717) is 11.7 Å². The first kappa shape index (κ1) is 12.8. The number of nitrogens with zero attached hydrogens (tertiary/aromatic N) is 2. The van der Waals surface area contributed by atoms with E-state index < -0.39 is 0 Å². The Kier molecular flexibility index (Phi) is 3.46. The molecule has 0 N–H and O–H groups in total. The third-order valence-corrected chi connectivity index (χ3v) is 3.64. The van der Waals surface area contributed by atoms with Gasteiger partial charge in [0.25, 0.3) is 0 Å². The van der Waals surface area contributed by atoms with Crippen LogP contribution >= 0.6 is 0 Å². The Morgan fingerprint density at radius 3 is 2.75 bits per heavy atom. The Labute approximate surface area is 118 Å². The first-order chi connectivity index (χ1) is 9.79. The Morgan fingerprint density at radius 2 is 2.10 bits per heavy atom. The lowest BCUT2D eigenvalue weighted by molar-refractivity contribution is 0.129. The second kappa shape index (κ2) is 5.41. The number of anilines is 1. The number of aromatic nitrogens is 1. The fourth-order valence-electron chi connectivity index (χ4n) is 2.29. The van der Waals surface area contributed by atoms with Crippen LogP contribution in [0.4, 0.5) is 5.69 Å². The number of hydrogen-bond acceptors (Lipinski definition) is 4. The van der Waals surface area contributed by atoms with Crippen LogP contribution in [0.1, 0.15) is 26.0 Å². The van der Waals surface area contributed by atoms with Gasteiger partial charge in [-0.3, -0.25) is 0 Å². The predicted octanol–water partition coefficient (Wildman–Crippen LogP) is 3.88. The van der Waals surface area contributed by atoms with E-state index in [0.717, 1.165) is 17.9 Å². The molecular formula is C16H18N2O2. The maximum absolute atomic E-state index is 6.08. The zero-order valence-corrected chi connectivity index (χ0v) is 11.7. The van der Waals surface area contributed by atoms with Gasteiger partial charge in [-0.05, 0) is 18.6 Å². The van der Waals surface area contributed by atoms with E-state index in [1.54, 1.807) is 6.20 Å². The molecule has 0 saturated carbocycles. The van der Waals surface area contributed by atoms with Crippen molar-refractivity contribution in [3.8, 4) is 0 Å². The molecule has 1 aliphatic heterocycles. The lowest BCUT2D eigenvalue weighted by Crippen LogP contribution is -2.33. The molecule has 2 atom stereocenters. The molecule has 104 valence electrons. The normalized spacial score (nSPS) is 19.6. The first-order valence-electron chi connectivity index (χ1n) is 6.90. The van der Waals surface area contributed by atoms with Crippen molar-refractivity contribution >= 4 is 11.4 Å². The number of hydrogen-bond donors (Lipinski definition) is 0. The summed E-state index contributed by atoms with van der Waals surface area (Å²) in [6.45, 7) is 4.36. The van der Waals surface area contributed by atoms with Crippen molar-refractivity contribution in [2.75, 3.05) is 4.90 Å². The topological polar surface area (TPSA) is 38.5 Å². The highest BCUT2D eigenvalue weighted by Gasteiger charge is 2.32. The van der Waals surface area contributed by atoms with Crippen molar-refractivity contribution in [1.29, 1.82) is 0 Å². The average molecular weight is 270 g/mol. The van der Waals surface area contributed by atoms with Crippen LogP contribution in [0.5, 0.6) is 0 Å². The van der Waals surface area contributed by atoms with Gasteiger partial charge < -0.3 is 14.1 Å². The summed E-state index contributed by atoms with van der Waals surface area (Å²) in [5.41, 5.74) is 1.12. The molecule has 2 heterocycles. The molecular weight excluding hydrogens is 252 g/mol. The molecule has 0 radical (unpaired) electrons. The number of para-hydroxylation sites is 1. The lowest BCUT2D eigenvalue weighted by Gasteiger charge is -2.28. The van der Waals surface area contributed by atoms with Gasteiger partial charge in [0.15, 0.2) is 24.1 Å². The molecule has 0 amide bonds. The summed E-state index contributed by atoms with van der Waals surface area (Å²) in [5, 5.41) is 0. The van der Waals surface area contributed by atoms with Gasteiger partial charge >= 0.3 is 0 Å². The van der Waals surface area contributed by atoms with Gasteiger partial charge in [-0.25, -0.2) is 4.98 Å². The van der Waals surface area contributed by atoms with Crippen LogP contribution in [0, 0.1) is 5.92 Å². The fourth-order valence-corrected chi connectivity index (χ4v) is 2.29. The van der Waals surface area contributed by atoms with Crippen LogP contribution in [0.3, 0.4) is 0 Å². The summed E-state index contributed by atoms with van der Waals surface area (Å²) >= 11 is 0. The van der Waals surface area contributed by atoms with Crippen molar-refractivity contribution < 1.29 is 9.15 Å². The third-order valence-electron chi connectivity index (χ3n) is 3.64. The molecule has 1 aromatic carbocycles. The van der Waals surface area contributed by atoms with Crippen molar-refractivity contribution in [3.05, 3.63) is 54.9 Å². The van der Waals surface area contributed by atoms with Gasteiger partial charge in [-0.15, -0.1) is 0 Å². The van der Waals surface area contributed by atoms with E-state index in [2.05, 4.69) is 35.9 Å². The summed E-state index contributed by atoms with van der Waals surface area (Å²) in [6, 6.07) is 10.2. The van der Waals surface area contributed by atoms with Crippen LogP contribution < -0.4 is 4.90 Å². The number of oxazole rings is 1. The highest BCUT2D eigenvalue weighted by atomic mass is 16.5. The largest absolute Gasteiger partial charge is 0.464 e. The van der Waals surface area contributed by atoms with Crippen molar-refractivity contribution in [1.82, 2.24) is 4.98 Å². The SMILES string of the molecule is CCC(C)C1OC(c2cnco2)=CN1c1ccccc1. The van der Waals surface area contributed by atoms with E-state index in [1.165, 1.54) is 6.39 Å². The summed E-state index contributed by atoms with van der Waals surface area (Å²) in [5.74, 6) is 1.81. The van der Waals surface area contributed by atoms with E-state index in [1.807, 2.05) is 24.4 Å². The summed E-state index contributed by atoms with van der Waals surface area (Å²) in [7, 11) is 0. The van der Waals surface area contributed by atoms with Crippen molar-refractivity contribution in [3.63, 3.8) is 0 Å². The average Bonchev–Trinajstić information content (AvgIpc) is 3.16. The molecule has 0 bridgehead atoms. The van der Waals surface area contributed by atoms with Gasteiger partial charge in [0.1, 0.15) is 0 Å². The first-order valence-corrected chi connectivity index (χ1v) is 6.90. The standard InChI is InChI=1S/C16H18N2O2/c1-3-12(2)16-18(13-7-5-4-6-8-13)10-15(20-16)14-9-17-11-19-14/h4-12,16H,3H2,1-2H3. The number of benzene rings is 1. The minimum Gasteiger partial charge on any atom is -0.464 e. The monoisotopic (exact) mass is 270 g/mol. The predicted molar refractivity (Wildman–Crippen MR) is 77.7 cm³/mol. The van der Waals surface area contributed by atoms with Crippen LogP contribution in [-0.2, 0) is 4.74 Å². The molecule has 3 rings (SSSR count). The maximum atomic E-state index is 6.08. The van der Waals surface area contributed by atoms with Gasteiger partial charge in [0, 0.05) is 11.6 Å². The molecule has 0 saturated heterocycles. The Morgan fingerprint density at radius 1 is 1.30 bits per heavy atom. The molecule has 2 unspecified atom stereocenters. The second-order valence-electron chi connectivity index (χ2n) is 5.00. The van der Waals surface area contributed by atoms with Crippen LogP contribution in [0.25, 0.3) is 5.76 Å². The van der Waals surface area contributed by atoms with E-state index in [4.69, 9.17) is 9.15 Å². The quantitative estimate of drug-likeness (QED) is 0.845. The van der Waals surface area contributed by atoms with Gasteiger partial charge in [-0.2, -0.15) is 0 Å². The summed E-state index contributed by atoms with van der Waals surface area (Å²) in [4.78, 5) is 6.11. The Hall–Kier alpha value is -2.23. The van der Waals surface area contributed by atoms with Gasteiger partial charge in [0.05, 0.1) is 12.4 Å². The second-order valence-corrected chi connectivity index (χ2v) is 5.00. The van der Waals surface area contributed by atoms with Crippen molar-refractivity contribution in [2.24, 2.45) is 5.92 Å². The summed E-state index contributed by atoms with van der Waals surface area (Å²) < 4.78 is 11.4. The Balaban J connectivity index is 1.94. The highest BCUT2D eigenvalue weighted by Crippen LogP contribution is 2.34. The number of rotatable bonds is 4. The van der Waals surface area contributed by atoms with E-state index in [-0.39, 0.29) is 6.23 Å². The number of ether oxygens (including phenoxy) is 1. The van der Waals surface area contributed by atoms with Crippen LogP contribution in [-0.4, -0.2) is 11.2 Å². The summed E-state index contributed by atoms with van der Waals surface area (Å²) in [6.07, 6.45) is 6.12. The third kappa shape index (κ3) is 2.29. The Bertz CT molecular complexity index is 578. The molecule has 0 fully saturated rings. The molecule has 2 aromatic rings. The van der Waals surface area contributed by atoms with E-state index >= 15 is 0 Å². The molecule has 4 nitrogen and oxygen atoms in total. The van der Waals surface area contributed by atoms with E-state index in [9.17, 15) is 0 Å². The minimum absolute atomic E-state index is 0.0116. The minimum atomic E-state index is -0.0116.